The predicted octanol–water partition coefficient (Wildman–Crippen LogP) is 1.06. The van der Waals surface area contributed by atoms with Crippen LogP contribution in [0.25, 0.3) is 0 Å². The normalized spacial score (nSPS) is 17.1. The van der Waals surface area contributed by atoms with Crippen molar-refractivity contribution in [3.05, 3.63) is 10.6 Å². The molecule has 0 saturated carbocycles. The Bertz CT molecular complexity index is 515. The fourth-order valence-corrected chi connectivity index (χ4v) is 3.70. The van der Waals surface area contributed by atoms with Gasteiger partial charge in [0.2, 0.25) is 11.8 Å². The number of nitrogens with zero attached hydrogens (tertiary/aromatic N) is 1. The number of fused-ring (bicyclic) bond motifs is 1. The third-order valence-corrected chi connectivity index (χ3v) is 4.65. The Labute approximate surface area is 128 Å². The van der Waals surface area contributed by atoms with Gasteiger partial charge in [0.25, 0.3) is 0 Å². The predicted molar refractivity (Wildman–Crippen MR) is 83.2 cm³/mol. The van der Waals surface area contributed by atoms with Crippen molar-refractivity contribution in [2.75, 3.05) is 18.4 Å². The zero-order valence-corrected chi connectivity index (χ0v) is 13.1. The van der Waals surface area contributed by atoms with Gasteiger partial charge < -0.3 is 16.4 Å². The molecule has 21 heavy (non-hydrogen) atoms. The molecule has 1 heterocycles. The Morgan fingerprint density at radius 1 is 1.43 bits per heavy atom. The van der Waals surface area contributed by atoms with Crippen molar-refractivity contribution in [1.29, 1.82) is 0 Å². The van der Waals surface area contributed by atoms with E-state index in [0.29, 0.717) is 5.13 Å². The standard InChI is InChI=1S/C14H22N4O2S/c1-2-3-9-4-5-10-11(6-9)21-14(17-10)18-13(20)8-16-12(19)7-15/h9H,2-8,15H2,1H3,(H,16,19)(H,17,18,20). The first kappa shape index (κ1) is 15.9. The summed E-state index contributed by atoms with van der Waals surface area (Å²) < 4.78 is 0. The molecule has 1 unspecified atom stereocenters. The molecule has 0 saturated heterocycles. The largest absolute Gasteiger partial charge is 0.346 e. The van der Waals surface area contributed by atoms with Crippen LogP contribution in [0.2, 0.25) is 0 Å². The first-order valence-corrected chi connectivity index (χ1v) is 8.19. The second-order valence-corrected chi connectivity index (χ2v) is 6.40. The number of hydrogen-bond donors (Lipinski definition) is 3. The van der Waals surface area contributed by atoms with Crippen LogP contribution >= 0.6 is 11.3 Å². The Kier molecular flexibility index (Phi) is 5.69. The van der Waals surface area contributed by atoms with Crippen LogP contribution in [0.4, 0.5) is 5.13 Å². The van der Waals surface area contributed by atoms with Gasteiger partial charge in [-0.05, 0) is 25.2 Å². The monoisotopic (exact) mass is 310 g/mol. The molecule has 0 bridgehead atoms. The molecule has 0 aliphatic heterocycles. The van der Waals surface area contributed by atoms with E-state index in [0.717, 1.165) is 24.5 Å². The van der Waals surface area contributed by atoms with Crippen LogP contribution < -0.4 is 16.4 Å². The second kappa shape index (κ2) is 7.51. The van der Waals surface area contributed by atoms with E-state index in [1.165, 1.54) is 24.1 Å². The van der Waals surface area contributed by atoms with Gasteiger partial charge in [-0.1, -0.05) is 19.8 Å². The fraction of sp³-hybridized carbons (Fsp3) is 0.643. The summed E-state index contributed by atoms with van der Waals surface area (Å²) in [5.74, 6) is 0.134. The lowest BCUT2D eigenvalue weighted by Crippen LogP contribution is -2.36. The Hall–Kier alpha value is -1.47. The third kappa shape index (κ3) is 4.50. The van der Waals surface area contributed by atoms with Gasteiger partial charge in [0.1, 0.15) is 0 Å². The molecule has 0 aromatic carbocycles. The van der Waals surface area contributed by atoms with E-state index in [9.17, 15) is 9.59 Å². The van der Waals surface area contributed by atoms with Crippen molar-refractivity contribution in [2.45, 2.75) is 39.0 Å². The van der Waals surface area contributed by atoms with Gasteiger partial charge in [0.15, 0.2) is 5.13 Å². The lowest BCUT2D eigenvalue weighted by Gasteiger charge is -2.19. The summed E-state index contributed by atoms with van der Waals surface area (Å²) in [6.07, 6.45) is 5.72. The van der Waals surface area contributed by atoms with Crippen molar-refractivity contribution in [1.82, 2.24) is 10.3 Å². The van der Waals surface area contributed by atoms with Gasteiger partial charge in [0.05, 0.1) is 18.8 Å². The number of nitrogens with two attached hydrogens (primary N) is 1. The Morgan fingerprint density at radius 2 is 2.24 bits per heavy atom. The molecule has 0 fully saturated rings. The average Bonchev–Trinajstić information content (AvgIpc) is 2.86. The summed E-state index contributed by atoms with van der Waals surface area (Å²) in [7, 11) is 0. The molecule has 6 nitrogen and oxygen atoms in total. The second-order valence-electron chi connectivity index (χ2n) is 5.32. The number of carbonyl (C=O) groups excluding carboxylic acids is 2. The number of amides is 2. The third-order valence-electron chi connectivity index (χ3n) is 3.62. The van der Waals surface area contributed by atoms with Crippen LogP contribution in [-0.2, 0) is 22.4 Å². The molecule has 7 heteroatoms. The number of rotatable bonds is 6. The van der Waals surface area contributed by atoms with Gasteiger partial charge in [-0.2, -0.15) is 0 Å². The summed E-state index contributed by atoms with van der Waals surface area (Å²) in [6.45, 7) is 2.03. The summed E-state index contributed by atoms with van der Waals surface area (Å²) >= 11 is 1.55. The SMILES string of the molecule is CCCC1CCc2nc(NC(=O)CNC(=O)CN)sc2C1. The first-order valence-electron chi connectivity index (χ1n) is 7.37. The topological polar surface area (TPSA) is 97.1 Å². The summed E-state index contributed by atoms with van der Waals surface area (Å²) in [5.41, 5.74) is 6.28. The number of aryl methyl sites for hydroxylation is 1. The van der Waals surface area contributed by atoms with E-state index in [1.54, 1.807) is 11.3 Å². The molecule has 2 amide bonds. The molecule has 1 atom stereocenters. The van der Waals surface area contributed by atoms with Gasteiger partial charge >= 0.3 is 0 Å². The Morgan fingerprint density at radius 3 is 2.95 bits per heavy atom. The number of anilines is 1. The van der Waals surface area contributed by atoms with Crippen LogP contribution in [0.1, 0.15) is 36.8 Å². The number of thiazole rings is 1. The lowest BCUT2D eigenvalue weighted by atomic mass is 9.88. The highest BCUT2D eigenvalue weighted by Gasteiger charge is 2.22. The molecule has 2 rings (SSSR count). The summed E-state index contributed by atoms with van der Waals surface area (Å²) in [6, 6.07) is 0. The summed E-state index contributed by atoms with van der Waals surface area (Å²) in [4.78, 5) is 28.5. The minimum atomic E-state index is -0.342. The van der Waals surface area contributed by atoms with Gasteiger partial charge in [-0.15, -0.1) is 11.3 Å². The molecule has 1 aromatic rings. The molecular formula is C14H22N4O2S. The van der Waals surface area contributed by atoms with E-state index in [2.05, 4.69) is 22.5 Å². The minimum Gasteiger partial charge on any atom is -0.346 e. The van der Waals surface area contributed by atoms with Crippen molar-refractivity contribution in [3.8, 4) is 0 Å². The van der Waals surface area contributed by atoms with E-state index in [-0.39, 0.29) is 24.9 Å². The van der Waals surface area contributed by atoms with Crippen LogP contribution in [0, 0.1) is 5.92 Å². The smallest absolute Gasteiger partial charge is 0.245 e. The maximum atomic E-state index is 11.7. The average molecular weight is 310 g/mol. The van der Waals surface area contributed by atoms with Gasteiger partial charge in [0, 0.05) is 4.88 Å². The lowest BCUT2D eigenvalue weighted by molar-refractivity contribution is -0.123. The fourth-order valence-electron chi connectivity index (χ4n) is 2.57. The van der Waals surface area contributed by atoms with Crippen LogP contribution in [0.15, 0.2) is 0 Å². The maximum Gasteiger partial charge on any atom is 0.245 e. The van der Waals surface area contributed by atoms with E-state index in [1.807, 2.05) is 0 Å². The highest BCUT2D eigenvalue weighted by atomic mass is 32.1. The number of hydrogen-bond acceptors (Lipinski definition) is 5. The highest BCUT2D eigenvalue weighted by molar-refractivity contribution is 7.15. The first-order chi connectivity index (χ1) is 10.1. The van der Waals surface area contributed by atoms with E-state index in [4.69, 9.17) is 5.73 Å². The molecule has 1 aliphatic carbocycles. The molecule has 4 N–H and O–H groups in total. The molecule has 0 spiro atoms. The molecule has 116 valence electrons. The van der Waals surface area contributed by atoms with Crippen molar-refractivity contribution >= 4 is 28.3 Å². The van der Waals surface area contributed by atoms with Crippen molar-refractivity contribution in [2.24, 2.45) is 11.7 Å². The van der Waals surface area contributed by atoms with Crippen LogP contribution in [0.3, 0.4) is 0 Å². The van der Waals surface area contributed by atoms with Crippen LogP contribution in [0.5, 0.6) is 0 Å². The maximum absolute atomic E-state index is 11.7. The Balaban J connectivity index is 1.88. The van der Waals surface area contributed by atoms with Crippen molar-refractivity contribution in [3.63, 3.8) is 0 Å². The van der Waals surface area contributed by atoms with Crippen LogP contribution in [-0.4, -0.2) is 29.9 Å². The zero-order valence-electron chi connectivity index (χ0n) is 12.3. The number of carbonyl (C=O) groups is 2. The molecule has 0 radical (unpaired) electrons. The van der Waals surface area contributed by atoms with E-state index < -0.39 is 0 Å². The molecular weight excluding hydrogens is 288 g/mol. The van der Waals surface area contributed by atoms with Gasteiger partial charge in [-0.3, -0.25) is 9.59 Å². The number of nitrogens with one attached hydrogen (secondary N) is 2. The zero-order chi connectivity index (χ0) is 15.2. The van der Waals surface area contributed by atoms with Crippen molar-refractivity contribution < 1.29 is 9.59 Å². The quantitative estimate of drug-likeness (QED) is 0.732. The molecule has 1 aliphatic rings. The molecule has 1 aromatic heterocycles. The highest BCUT2D eigenvalue weighted by Crippen LogP contribution is 2.33. The van der Waals surface area contributed by atoms with E-state index >= 15 is 0 Å². The number of aromatic nitrogens is 1. The van der Waals surface area contributed by atoms with Gasteiger partial charge in [-0.25, -0.2) is 4.98 Å². The minimum absolute atomic E-state index is 0.0707. The summed E-state index contributed by atoms with van der Waals surface area (Å²) in [5, 5.41) is 5.81.